The van der Waals surface area contributed by atoms with Gasteiger partial charge in [0, 0.05) is 5.56 Å². The van der Waals surface area contributed by atoms with E-state index in [9.17, 15) is 18.0 Å². The summed E-state index contributed by atoms with van der Waals surface area (Å²) in [7, 11) is -2.19. The molecule has 0 saturated carbocycles. The predicted molar refractivity (Wildman–Crippen MR) is 92.4 cm³/mol. The molecule has 0 unspecified atom stereocenters. The molecule has 0 aliphatic carbocycles. The lowest BCUT2D eigenvalue weighted by Gasteiger charge is -2.18. The number of amides is 1. The van der Waals surface area contributed by atoms with Crippen molar-refractivity contribution in [3.05, 3.63) is 29.3 Å². The molecule has 0 aromatic heterocycles. The monoisotopic (exact) mass is 356 g/mol. The summed E-state index contributed by atoms with van der Waals surface area (Å²) >= 11 is 0. The SMILES string of the molecule is COC(=O)[C@@H](CC(C)C)NC(=O)c1ccc(C)c(NS(C)(=O)=O)c1. The smallest absolute Gasteiger partial charge is 0.328 e. The number of carbonyl (C=O) groups excluding carboxylic acids is 2. The van der Waals surface area contributed by atoms with Crippen molar-refractivity contribution < 1.29 is 22.7 Å². The predicted octanol–water partition coefficient (Wildman–Crippen LogP) is 1.68. The molecular weight excluding hydrogens is 332 g/mol. The minimum Gasteiger partial charge on any atom is -0.467 e. The van der Waals surface area contributed by atoms with Gasteiger partial charge in [-0.25, -0.2) is 13.2 Å². The highest BCUT2D eigenvalue weighted by Crippen LogP contribution is 2.18. The maximum absolute atomic E-state index is 12.4. The molecule has 0 bridgehead atoms. The second-order valence-electron chi connectivity index (χ2n) is 6.08. The van der Waals surface area contributed by atoms with E-state index in [4.69, 9.17) is 4.74 Å². The number of carbonyl (C=O) groups is 2. The molecule has 0 spiro atoms. The van der Waals surface area contributed by atoms with Crippen molar-refractivity contribution in [2.75, 3.05) is 18.1 Å². The Morgan fingerprint density at radius 3 is 2.38 bits per heavy atom. The number of hydrogen-bond acceptors (Lipinski definition) is 5. The molecule has 7 nitrogen and oxygen atoms in total. The molecule has 8 heteroatoms. The maximum atomic E-state index is 12.4. The molecule has 0 radical (unpaired) electrons. The molecule has 0 saturated heterocycles. The van der Waals surface area contributed by atoms with E-state index in [-0.39, 0.29) is 11.5 Å². The first-order valence-electron chi connectivity index (χ1n) is 7.50. The van der Waals surface area contributed by atoms with Crippen LogP contribution in [0.5, 0.6) is 0 Å². The van der Waals surface area contributed by atoms with Gasteiger partial charge < -0.3 is 10.1 Å². The molecular formula is C16H24N2O5S. The molecule has 1 aromatic rings. The van der Waals surface area contributed by atoms with Crippen LogP contribution in [0.2, 0.25) is 0 Å². The van der Waals surface area contributed by atoms with Crippen LogP contribution in [0.4, 0.5) is 5.69 Å². The number of anilines is 1. The van der Waals surface area contributed by atoms with E-state index in [2.05, 4.69) is 10.0 Å². The Morgan fingerprint density at radius 2 is 1.88 bits per heavy atom. The minimum atomic E-state index is -3.45. The number of rotatable bonds is 7. The van der Waals surface area contributed by atoms with Gasteiger partial charge in [-0.2, -0.15) is 0 Å². The van der Waals surface area contributed by atoms with Crippen LogP contribution in [0.25, 0.3) is 0 Å². The number of aryl methyl sites for hydroxylation is 1. The summed E-state index contributed by atoms with van der Waals surface area (Å²) < 4.78 is 29.9. The van der Waals surface area contributed by atoms with Crippen LogP contribution >= 0.6 is 0 Å². The number of ether oxygens (including phenoxy) is 1. The van der Waals surface area contributed by atoms with Crippen LogP contribution in [-0.2, 0) is 19.6 Å². The second kappa shape index (κ2) is 8.14. The van der Waals surface area contributed by atoms with E-state index in [0.717, 1.165) is 6.26 Å². The Balaban J connectivity index is 3.01. The Labute approximate surface area is 142 Å². The Morgan fingerprint density at radius 1 is 1.25 bits per heavy atom. The molecule has 24 heavy (non-hydrogen) atoms. The van der Waals surface area contributed by atoms with E-state index < -0.39 is 27.9 Å². The van der Waals surface area contributed by atoms with Crippen LogP contribution in [0.3, 0.4) is 0 Å². The topological polar surface area (TPSA) is 102 Å². The zero-order valence-corrected chi connectivity index (χ0v) is 15.4. The first-order valence-corrected chi connectivity index (χ1v) is 9.39. The molecule has 0 aliphatic heterocycles. The summed E-state index contributed by atoms with van der Waals surface area (Å²) in [5.74, 6) is -0.795. The summed E-state index contributed by atoms with van der Waals surface area (Å²) in [4.78, 5) is 24.2. The van der Waals surface area contributed by atoms with Crippen molar-refractivity contribution in [1.82, 2.24) is 5.32 Å². The first kappa shape index (κ1) is 20.0. The van der Waals surface area contributed by atoms with Gasteiger partial charge in [0.25, 0.3) is 5.91 Å². The van der Waals surface area contributed by atoms with Crippen molar-refractivity contribution in [2.24, 2.45) is 5.92 Å². The molecule has 1 aromatic carbocycles. The molecule has 134 valence electrons. The third-order valence-corrected chi connectivity index (χ3v) is 3.88. The lowest BCUT2D eigenvalue weighted by Crippen LogP contribution is -2.42. The zero-order chi connectivity index (χ0) is 18.5. The highest BCUT2D eigenvalue weighted by atomic mass is 32.2. The van der Waals surface area contributed by atoms with Gasteiger partial charge in [-0.1, -0.05) is 19.9 Å². The Bertz CT molecular complexity index is 713. The van der Waals surface area contributed by atoms with Crippen LogP contribution < -0.4 is 10.0 Å². The van der Waals surface area contributed by atoms with Crippen molar-refractivity contribution >= 4 is 27.6 Å². The van der Waals surface area contributed by atoms with Crippen LogP contribution in [-0.4, -0.2) is 39.7 Å². The van der Waals surface area contributed by atoms with Gasteiger partial charge in [0.15, 0.2) is 0 Å². The van der Waals surface area contributed by atoms with E-state index in [1.54, 1.807) is 19.1 Å². The maximum Gasteiger partial charge on any atom is 0.328 e. The molecule has 1 rings (SSSR count). The van der Waals surface area contributed by atoms with E-state index in [1.807, 2.05) is 13.8 Å². The van der Waals surface area contributed by atoms with Crippen molar-refractivity contribution in [2.45, 2.75) is 33.2 Å². The second-order valence-corrected chi connectivity index (χ2v) is 7.83. The lowest BCUT2D eigenvalue weighted by atomic mass is 10.0. The molecule has 1 amide bonds. The average molecular weight is 356 g/mol. The number of sulfonamides is 1. The van der Waals surface area contributed by atoms with Crippen LogP contribution in [0.1, 0.15) is 36.2 Å². The highest BCUT2D eigenvalue weighted by Gasteiger charge is 2.23. The Hall–Kier alpha value is -2.09. The summed E-state index contributed by atoms with van der Waals surface area (Å²) in [6, 6.07) is 3.89. The van der Waals surface area contributed by atoms with Crippen molar-refractivity contribution in [1.29, 1.82) is 0 Å². The summed E-state index contributed by atoms with van der Waals surface area (Å²) in [6.07, 6.45) is 1.48. The molecule has 2 N–H and O–H groups in total. The number of methoxy groups -OCH3 is 1. The lowest BCUT2D eigenvalue weighted by molar-refractivity contribution is -0.143. The largest absolute Gasteiger partial charge is 0.467 e. The van der Waals surface area contributed by atoms with Crippen molar-refractivity contribution in [3.63, 3.8) is 0 Å². The normalized spacial score (nSPS) is 12.6. The van der Waals surface area contributed by atoms with Gasteiger partial charge in [0.05, 0.1) is 19.1 Å². The fourth-order valence-electron chi connectivity index (χ4n) is 2.14. The molecule has 0 fully saturated rings. The fourth-order valence-corrected chi connectivity index (χ4v) is 2.76. The average Bonchev–Trinajstić information content (AvgIpc) is 2.46. The van der Waals surface area contributed by atoms with E-state index >= 15 is 0 Å². The Kier molecular flexibility index (Phi) is 6.77. The van der Waals surface area contributed by atoms with Gasteiger partial charge in [-0.3, -0.25) is 9.52 Å². The summed E-state index contributed by atoms with van der Waals surface area (Å²) in [5.41, 5.74) is 1.26. The summed E-state index contributed by atoms with van der Waals surface area (Å²) in [6.45, 7) is 5.59. The number of esters is 1. The first-order chi connectivity index (χ1) is 11.0. The molecule has 0 heterocycles. The van der Waals surface area contributed by atoms with E-state index in [0.29, 0.717) is 17.7 Å². The third kappa shape index (κ3) is 6.19. The van der Waals surface area contributed by atoms with E-state index in [1.165, 1.54) is 13.2 Å². The quantitative estimate of drug-likeness (QED) is 0.724. The van der Waals surface area contributed by atoms with Gasteiger partial charge >= 0.3 is 5.97 Å². The summed E-state index contributed by atoms with van der Waals surface area (Å²) in [5, 5.41) is 2.63. The van der Waals surface area contributed by atoms with Crippen molar-refractivity contribution in [3.8, 4) is 0 Å². The number of nitrogens with one attached hydrogen (secondary N) is 2. The molecule has 0 aliphatic rings. The standard InChI is InChI=1S/C16H24N2O5S/c1-10(2)8-14(16(20)23-4)17-15(19)12-7-6-11(3)13(9-12)18-24(5,21)22/h6-7,9-10,14,18H,8H2,1-5H3,(H,17,19)/t14-/m1/s1. The van der Waals surface area contributed by atoms with Gasteiger partial charge in [0.2, 0.25) is 10.0 Å². The third-order valence-electron chi connectivity index (χ3n) is 3.29. The number of benzene rings is 1. The van der Waals surface area contributed by atoms with Gasteiger partial charge in [0.1, 0.15) is 6.04 Å². The minimum absolute atomic E-state index is 0.190. The van der Waals surface area contributed by atoms with Crippen LogP contribution in [0.15, 0.2) is 18.2 Å². The molecule has 1 atom stereocenters. The van der Waals surface area contributed by atoms with Gasteiger partial charge in [-0.05, 0) is 37.0 Å². The van der Waals surface area contributed by atoms with Crippen LogP contribution in [0, 0.1) is 12.8 Å². The fraction of sp³-hybridized carbons (Fsp3) is 0.500. The number of hydrogen-bond donors (Lipinski definition) is 2. The zero-order valence-electron chi connectivity index (χ0n) is 14.5. The highest BCUT2D eigenvalue weighted by molar-refractivity contribution is 7.92. The van der Waals surface area contributed by atoms with Gasteiger partial charge in [-0.15, -0.1) is 0 Å².